The molecule has 1 aliphatic rings. The molecular formula is C13H18INO2S. The Hall–Kier alpha value is -0.140. The van der Waals surface area contributed by atoms with Crippen LogP contribution in [-0.4, -0.2) is 33.0 Å². The molecule has 0 amide bonds. The Kier molecular flexibility index (Phi) is 4.66. The predicted octanol–water partition coefficient (Wildman–Crippen LogP) is 1.86. The zero-order valence-corrected chi connectivity index (χ0v) is 13.4. The van der Waals surface area contributed by atoms with Gasteiger partial charge in [0.25, 0.3) is 0 Å². The van der Waals surface area contributed by atoms with E-state index in [1.165, 1.54) is 9.13 Å². The standard InChI is InChI=1S/C13H18INO2S/c1-15-13(11-6-7-18(16,17)9-11)8-10-2-4-12(14)5-3-10/h2-5,11,13,15H,6-9H2,1H3. The van der Waals surface area contributed by atoms with E-state index in [-0.39, 0.29) is 12.0 Å². The minimum absolute atomic E-state index is 0.249. The van der Waals surface area contributed by atoms with E-state index in [1.807, 2.05) is 7.05 Å². The summed E-state index contributed by atoms with van der Waals surface area (Å²) in [6.45, 7) is 0. The number of hydrogen-bond acceptors (Lipinski definition) is 3. The Morgan fingerprint density at radius 2 is 2.06 bits per heavy atom. The monoisotopic (exact) mass is 379 g/mol. The molecule has 18 heavy (non-hydrogen) atoms. The molecule has 1 fully saturated rings. The quantitative estimate of drug-likeness (QED) is 0.813. The Morgan fingerprint density at radius 1 is 1.39 bits per heavy atom. The highest BCUT2D eigenvalue weighted by atomic mass is 127. The molecule has 0 aliphatic carbocycles. The van der Waals surface area contributed by atoms with Gasteiger partial charge in [0.2, 0.25) is 0 Å². The molecule has 0 radical (unpaired) electrons. The van der Waals surface area contributed by atoms with Gasteiger partial charge in [0, 0.05) is 9.61 Å². The lowest BCUT2D eigenvalue weighted by Crippen LogP contribution is -2.36. The Labute approximate surface area is 122 Å². The smallest absolute Gasteiger partial charge is 0.150 e. The van der Waals surface area contributed by atoms with Gasteiger partial charge in [-0.3, -0.25) is 0 Å². The largest absolute Gasteiger partial charge is 0.316 e. The van der Waals surface area contributed by atoms with E-state index in [2.05, 4.69) is 52.2 Å². The van der Waals surface area contributed by atoms with Crippen LogP contribution in [-0.2, 0) is 16.3 Å². The predicted molar refractivity (Wildman–Crippen MR) is 82.5 cm³/mol. The molecular weight excluding hydrogens is 361 g/mol. The van der Waals surface area contributed by atoms with Gasteiger partial charge in [-0.15, -0.1) is 0 Å². The van der Waals surface area contributed by atoms with E-state index in [0.29, 0.717) is 11.5 Å². The first kappa shape index (κ1) is 14.3. The molecule has 1 aromatic rings. The van der Waals surface area contributed by atoms with E-state index in [4.69, 9.17) is 0 Å². The first-order valence-corrected chi connectivity index (χ1v) is 9.02. The van der Waals surface area contributed by atoms with E-state index >= 15 is 0 Å². The first-order chi connectivity index (χ1) is 8.50. The van der Waals surface area contributed by atoms with Gasteiger partial charge in [0.05, 0.1) is 11.5 Å². The fourth-order valence-corrected chi connectivity index (χ4v) is 4.76. The second-order valence-electron chi connectivity index (χ2n) is 4.89. The van der Waals surface area contributed by atoms with Crippen LogP contribution in [0.4, 0.5) is 0 Å². The van der Waals surface area contributed by atoms with Gasteiger partial charge in [-0.25, -0.2) is 8.42 Å². The summed E-state index contributed by atoms with van der Waals surface area (Å²) in [4.78, 5) is 0. The number of hydrogen-bond donors (Lipinski definition) is 1. The number of likely N-dealkylation sites (N-methyl/N-ethyl adjacent to an activating group) is 1. The van der Waals surface area contributed by atoms with Crippen LogP contribution in [0, 0.1) is 9.49 Å². The molecule has 100 valence electrons. The van der Waals surface area contributed by atoms with Crippen LogP contribution in [0.5, 0.6) is 0 Å². The lowest BCUT2D eigenvalue weighted by Gasteiger charge is -2.22. The molecule has 0 bridgehead atoms. The maximum Gasteiger partial charge on any atom is 0.150 e. The molecule has 1 N–H and O–H groups in total. The summed E-state index contributed by atoms with van der Waals surface area (Å²) < 4.78 is 24.3. The highest BCUT2D eigenvalue weighted by Gasteiger charge is 2.32. The van der Waals surface area contributed by atoms with Gasteiger partial charge in [-0.2, -0.15) is 0 Å². The highest BCUT2D eigenvalue weighted by Crippen LogP contribution is 2.24. The second kappa shape index (κ2) is 5.88. The average molecular weight is 379 g/mol. The van der Waals surface area contributed by atoms with Gasteiger partial charge in [0.15, 0.2) is 9.84 Å². The summed E-state index contributed by atoms with van der Waals surface area (Å²) in [5.74, 6) is 0.935. The minimum Gasteiger partial charge on any atom is -0.316 e. The molecule has 0 spiro atoms. The van der Waals surface area contributed by atoms with Crippen molar-refractivity contribution in [2.24, 2.45) is 5.92 Å². The van der Waals surface area contributed by atoms with Gasteiger partial charge in [-0.05, 0) is 66.1 Å². The van der Waals surface area contributed by atoms with E-state index in [0.717, 1.165) is 12.8 Å². The maximum atomic E-state index is 11.5. The van der Waals surface area contributed by atoms with Crippen LogP contribution in [0.15, 0.2) is 24.3 Å². The van der Waals surface area contributed by atoms with Crippen LogP contribution in [0.1, 0.15) is 12.0 Å². The average Bonchev–Trinajstić information content (AvgIpc) is 2.69. The normalized spacial score (nSPS) is 24.0. The molecule has 5 heteroatoms. The van der Waals surface area contributed by atoms with E-state index < -0.39 is 9.84 Å². The van der Waals surface area contributed by atoms with Crippen molar-refractivity contribution in [2.75, 3.05) is 18.6 Å². The van der Waals surface area contributed by atoms with E-state index in [9.17, 15) is 8.42 Å². The molecule has 1 saturated heterocycles. The highest BCUT2D eigenvalue weighted by molar-refractivity contribution is 14.1. The van der Waals surface area contributed by atoms with Crippen molar-refractivity contribution < 1.29 is 8.42 Å². The molecule has 1 aliphatic heterocycles. The van der Waals surface area contributed by atoms with Crippen molar-refractivity contribution in [1.29, 1.82) is 0 Å². The zero-order chi connectivity index (χ0) is 13.2. The molecule has 3 nitrogen and oxygen atoms in total. The minimum atomic E-state index is -2.79. The number of benzene rings is 1. The number of nitrogens with one attached hydrogen (secondary N) is 1. The third-order valence-electron chi connectivity index (χ3n) is 3.58. The summed E-state index contributed by atoms with van der Waals surface area (Å²) in [6.07, 6.45) is 1.69. The molecule has 2 rings (SSSR count). The molecule has 2 atom stereocenters. The summed E-state index contributed by atoms with van der Waals surface area (Å²) in [6, 6.07) is 8.68. The zero-order valence-electron chi connectivity index (χ0n) is 10.4. The number of sulfone groups is 1. The van der Waals surface area contributed by atoms with Crippen LogP contribution in [0.2, 0.25) is 0 Å². The molecule has 1 aromatic carbocycles. The molecule has 0 aromatic heterocycles. The van der Waals surface area contributed by atoms with E-state index in [1.54, 1.807) is 0 Å². The van der Waals surface area contributed by atoms with Crippen LogP contribution < -0.4 is 5.32 Å². The van der Waals surface area contributed by atoms with Gasteiger partial charge in [0.1, 0.15) is 0 Å². The van der Waals surface area contributed by atoms with Crippen LogP contribution >= 0.6 is 22.6 Å². The Morgan fingerprint density at radius 3 is 2.56 bits per heavy atom. The number of rotatable bonds is 4. The number of halogens is 1. The van der Waals surface area contributed by atoms with Gasteiger partial charge in [-0.1, -0.05) is 12.1 Å². The second-order valence-corrected chi connectivity index (χ2v) is 8.36. The first-order valence-electron chi connectivity index (χ1n) is 6.12. The fourth-order valence-electron chi connectivity index (χ4n) is 2.52. The summed E-state index contributed by atoms with van der Waals surface area (Å²) >= 11 is 2.29. The lowest BCUT2D eigenvalue weighted by atomic mass is 9.93. The molecule has 1 heterocycles. The summed E-state index contributed by atoms with van der Waals surface area (Å²) in [5, 5.41) is 3.28. The van der Waals surface area contributed by atoms with Crippen molar-refractivity contribution in [1.82, 2.24) is 5.32 Å². The van der Waals surface area contributed by atoms with Crippen molar-refractivity contribution in [2.45, 2.75) is 18.9 Å². The van der Waals surface area contributed by atoms with Crippen molar-refractivity contribution >= 4 is 32.4 Å². The maximum absolute atomic E-state index is 11.5. The van der Waals surface area contributed by atoms with Gasteiger partial charge >= 0.3 is 0 Å². The third kappa shape index (κ3) is 3.68. The van der Waals surface area contributed by atoms with Crippen LogP contribution in [0.3, 0.4) is 0 Å². The van der Waals surface area contributed by atoms with Crippen LogP contribution in [0.25, 0.3) is 0 Å². The van der Waals surface area contributed by atoms with Crippen molar-refractivity contribution in [3.05, 3.63) is 33.4 Å². The fraction of sp³-hybridized carbons (Fsp3) is 0.538. The Bertz CT molecular complexity index is 498. The molecule has 0 saturated carbocycles. The SMILES string of the molecule is CNC(Cc1ccc(I)cc1)C1CCS(=O)(=O)C1. The van der Waals surface area contributed by atoms with Crippen molar-refractivity contribution in [3.63, 3.8) is 0 Å². The topological polar surface area (TPSA) is 46.2 Å². The third-order valence-corrected chi connectivity index (χ3v) is 6.09. The summed E-state index contributed by atoms with van der Waals surface area (Å²) in [5.41, 5.74) is 1.26. The van der Waals surface area contributed by atoms with Gasteiger partial charge < -0.3 is 5.32 Å². The summed E-state index contributed by atoms with van der Waals surface area (Å²) in [7, 11) is -0.872. The molecule has 2 unspecified atom stereocenters. The Balaban J connectivity index is 2.04. The lowest BCUT2D eigenvalue weighted by molar-refractivity contribution is 0.403. The van der Waals surface area contributed by atoms with Crippen molar-refractivity contribution in [3.8, 4) is 0 Å².